The Morgan fingerprint density at radius 2 is 1.84 bits per heavy atom. The summed E-state index contributed by atoms with van der Waals surface area (Å²) in [5.41, 5.74) is 0.291. The lowest BCUT2D eigenvalue weighted by Crippen LogP contribution is -2.39. The van der Waals surface area contributed by atoms with Crippen LogP contribution in [0.25, 0.3) is 0 Å². The molecular formula is C29H30F4N6O4. The second-order valence-corrected chi connectivity index (χ2v) is 10.3. The van der Waals surface area contributed by atoms with Gasteiger partial charge in [-0.3, -0.25) is 9.59 Å². The fourth-order valence-electron chi connectivity index (χ4n) is 5.28. The summed E-state index contributed by atoms with van der Waals surface area (Å²) < 4.78 is 67.7. The number of ether oxygens (including phenoxy) is 2. The number of alkyl halides is 3. The van der Waals surface area contributed by atoms with Crippen LogP contribution in [0.1, 0.15) is 52.9 Å². The zero-order valence-corrected chi connectivity index (χ0v) is 23.3. The lowest BCUT2D eigenvalue weighted by atomic mass is 10.1. The zero-order chi connectivity index (χ0) is 30.7. The normalized spacial score (nSPS) is 18.5. The van der Waals surface area contributed by atoms with Crippen LogP contribution in [-0.4, -0.2) is 54.2 Å². The zero-order valence-electron chi connectivity index (χ0n) is 23.3. The van der Waals surface area contributed by atoms with Crippen molar-refractivity contribution in [1.82, 2.24) is 20.6 Å². The molecule has 0 unspecified atom stereocenters. The maximum atomic E-state index is 15.1. The highest BCUT2D eigenvalue weighted by Gasteiger charge is 2.39. The molecule has 0 saturated carbocycles. The van der Waals surface area contributed by atoms with Gasteiger partial charge in [0.25, 0.3) is 5.91 Å². The summed E-state index contributed by atoms with van der Waals surface area (Å²) in [6, 6.07) is 8.04. The van der Waals surface area contributed by atoms with Crippen LogP contribution in [0.3, 0.4) is 0 Å². The Balaban J connectivity index is 1.41. The van der Waals surface area contributed by atoms with E-state index in [4.69, 9.17) is 9.47 Å². The number of nitrogens with zero attached hydrogens (tertiary/aromatic N) is 2. The van der Waals surface area contributed by atoms with E-state index >= 15 is 4.39 Å². The molecule has 0 spiro atoms. The van der Waals surface area contributed by atoms with Crippen LogP contribution in [0.5, 0.6) is 5.75 Å². The molecule has 2 atom stereocenters. The summed E-state index contributed by atoms with van der Waals surface area (Å²) in [5.74, 6) is -2.59. The summed E-state index contributed by atoms with van der Waals surface area (Å²) >= 11 is 0. The lowest BCUT2D eigenvalue weighted by Gasteiger charge is -2.25. The number of hydrogen-bond donors (Lipinski definition) is 4. The summed E-state index contributed by atoms with van der Waals surface area (Å²) in [6.07, 6.45) is -2.64. The summed E-state index contributed by atoms with van der Waals surface area (Å²) in [4.78, 5) is 32.6. The number of benzene rings is 2. The lowest BCUT2D eigenvalue weighted by molar-refractivity contribution is -0.137. The van der Waals surface area contributed by atoms with Gasteiger partial charge in [-0.25, -0.2) is 9.37 Å². The second-order valence-electron chi connectivity index (χ2n) is 10.3. The van der Waals surface area contributed by atoms with Crippen molar-refractivity contribution >= 4 is 29.3 Å². The van der Waals surface area contributed by atoms with E-state index in [1.807, 2.05) is 18.2 Å². The van der Waals surface area contributed by atoms with Gasteiger partial charge in [-0.15, -0.1) is 0 Å². The molecule has 43 heavy (non-hydrogen) atoms. The van der Waals surface area contributed by atoms with Crippen LogP contribution >= 0.6 is 0 Å². The average molecular weight is 603 g/mol. The minimum absolute atomic E-state index is 0.00211. The summed E-state index contributed by atoms with van der Waals surface area (Å²) in [5, 5.41) is 11.1. The molecule has 1 aromatic heterocycles. The van der Waals surface area contributed by atoms with Crippen LogP contribution in [0.2, 0.25) is 0 Å². The molecule has 0 radical (unpaired) electrons. The van der Waals surface area contributed by atoms with Crippen LogP contribution in [0, 0.1) is 5.82 Å². The van der Waals surface area contributed by atoms with Crippen molar-refractivity contribution in [2.75, 3.05) is 31.0 Å². The molecule has 5 rings (SSSR count). The number of carbonyl (C=O) groups is 2. The number of anilines is 3. The molecule has 3 aromatic rings. The average Bonchev–Trinajstić information content (AvgIpc) is 3.29. The molecule has 2 aromatic carbocycles. The SMILES string of the molecule is COc1cc(C(=O)NC2CCOCC2)c(F)cc1Nc1ncc(C(F)(F)F)c(N[C@@H]2Cc3ccccc3[C@H]2NC(C)=O)n1. The number of aromatic nitrogens is 2. The van der Waals surface area contributed by atoms with Crippen molar-refractivity contribution in [2.24, 2.45) is 0 Å². The maximum Gasteiger partial charge on any atom is 0.421 e. The van der Waals surface area contributed by atoms with Gasteiger partial charge in [-0.2, -0.15) is 18.2 Å². The molecule has 10 nitrogen and oxygen atoms in total. The highest BCUT2D eigenvalue weighted by molar-refractivity contribution is 5.96. The molecule has 2 heterocycles. The van der Waals surface area contributed by atoms with Crippen LogP contribution in [0.4, 0.5) is 35.0 Å². The van der Waals surface area contributed by atoms with E-state index < -0.39 is 41.4 Å². The molecule has 14 heteroatoms. The monoisotopic (exact) mass is 602 g/mol. The maximum absolute atomic E-state index is 15.1. The Hall–Kier alpha value is -4.46. The van der Waals surface area contributed by atoms with E-state index in [9.17, 15) is 22.8 Å². The predicted octanol–water partition coefficient (Wildman–Crippen LogP) is 4.51. The standard InChI is InChI=1S/C29H30F4N6O4/c1-15(40)35-25-18-6-4-3-5-16(18)11-23(25)37-26-20(29(31,32)33)14-34-28(39-26)38-22-13-21(30)19(12-24(22)42-2)27(41)36-17-7-9-43-10-8-17/h3-6,12-14,17,23,25H,7-11H2,1-2H3,(H,35,40)(H,36,41)(H2,34,37,38,39)/t23-,25-/m1/s1. The van der Waals surface area contributed by atoms with Crippen LogP contribution < -0.4 is 26.0 Å². The number of fused-ring (bicyclic) bond motifs is 1. The largest absolute Gasteiger partial charge is 0.495 e. The predicted molar refractivity (Wildman–Crippen MR) is 149 cm³/mol. The van der Waals surface area contributed by atoms with Crippen molar-refractivity contribution in [2.45, 2.75) is 50.5 Å². The Bertz CT molecular complexity index is 1510. The van der Waals surface area contributed by atoms with E-state index in [2.05, 4.69) is 31.2 Å². The molecule has 1 aliphatic carbocycles. The highest BCUT2D eigenvalue weighted by Crippen LogP contribution is 2.38. The number of rotatable bonds is 8. The minimum atomic E-state index is -4.79. The van der Waals surface area contributed by atoms with Gasteiger partial charge in [0.1, 0.15) is 22.9 Å². The molecule has 1 aliphatic heterocycles. The Morgan fingerprint density at radius 3 is 2.53 bits per heavy atom. The Kier molecular flexibility index (Phi) is 8.67. The Labute approximate surface area is 244 Å². The van der Waals surface area contributed by atoms with Gasteiger partial charge >= 0.3 is 6.18 Å². The quantitative estimate of drug-likeness (QED) is 0.278. The van der Waals surface area contributed by atoms with Crippen molar-refractivity contribution in [1.29, 1.82) is 0 Å². The number of nitrogens with one attached hydrogen (secondary N) is 4. The van der Waals surface area contributed by atoms with Gasteiger partial charge in [-0.05, 0) is 36.5 Å². The van der Waals surface area contributed by atoms with Gasteiger partial charge in [-0.1, -0.05) is 24.3 Å². The Morgan fingerprint density at radius 1 is 1.09 bits per heavy atom. The molecule has 2 aliphatic rings. The van der Waals surface area contributed by atoms with Gasteiger partial charge in [0, 0.05) is 38.4 Å². The molecule has 0 bridgehead atoms. The minimum Gasteiger partial charge on any atom is -0.495 e. The van der Waals surface area contributed by atoms with E-state index in [-0.39, 0.29) is 34.9 Å². The molecule has 4 N–H and O–H groups in total. The van der Waals surface area contributed by atoms with Crippen molar-refractivity contribution < 1.29 is 36.6 Å². The third-order valence-electron chi connectivity index (χ3n) is 7.34. The molecule has 2 amide bonds. The highest BCUT2D eigenvalue weighted by atomic mass is 19.4. The third kappa shape index (κ3) is 6.79. The van der Waals surface area contributed by atoms with Gasteiger partial charge in [0.2, 0.25) is 11.9 Å². The van der Waals surface area contributed by atoms with Gasteiger partial charge in [0.05, 0.1) is 30.4 Å². The summed E-state index contributed by atoms with van der Waals surface area (Å²) in [7, 11) is 1.30. The third-order valence-corrected chi connectivity index (χ3v) is 7.34. The molecular weight excluding hydrogens is 572 g/mol. The number of amides is 2. The smallest absolute Gasteiger partial charge is 0.421 e. The fourth-order valence-corrected chi connectivity index (χ4v) is 5.28. The first-order valence-electron chi connectivity index (χ1n) is 13.6. The molecule has 1 fully saturated rings. The first-order valence-corrected chi connectivity index (χ1v) is 13.6. The van der Waals surface area contributed by atoms with Gasteiger partial charge < -0.3 is 30.7 Å². The topological polar surface area (TPSA) is 127 Å². The first-order chi connectivity index (χ1) is 20.5. The van der Waals surface area contributed by atoms with Gasteiger partial charge in [0.15, 0.2) is 0 Å². The van der Waals surface area contributed by atoms with E-state index in [0.717, 1.165) is 17.2 Å². The van der Waals surface area contributed by atoms with E-state index in [1.165, 1.54) is 20.1 Å². The van der Waals surface area contributed by atoms with E-state index in [1.54, 1.807) is 6.07 Å². The molecule has 228 valence electrons. The summed E-state index contributed by atoms with van der Waals surface area (Å²) in [6.45, 7) is 2.31. The van der Waals surface area contributed by atoms with Crippen molar-refractivity contribution in [3.8, 4) is 5.75 Å². The molecule has 1 saturated heterocycles. The fraction of sp³-hybridized carbons (Fsp3) is 0.379. The second kappa shape index (κ2) is 12.4. The van der Waals surface area contributed by atoms with Crippen LogP contribution in [-0.2, 0) is 22.1 Å². The number of hydrogen-bond acceptors (Lipinski definition) is 8. The van der Waals surface area contributed by atoms with Crippen molar-refractivity contribution in [3.05, 3.63) is 70.7 Å². The van der Waals surface area contributed by atoms with Crippen molar-refractivity contribution in [3.63, 3.8) is 0 Å². The number of carbonyl (C=O) groups excluding carboxylic acids is 2. The number of methoxy groups -OCH3 is 1. The van der Waals surface area contributed by atoms with Crippen LogP contribution in [0.15, 0.2) is 42.6 Å². The first kappa shape index (κ1) is 30.0. The number of halogens is 4. The van der Waals surface area contributed by atoms with E-state index in [0.29, 0.717) is 38.7 Å².